The zero-order valence-electron chi connectivity index (χ0n) is 14.0. The molecule has 0 atom stereocenters. The lowest BCUT2D eigenvalue weighted by Crippen LogP contribution is -2.04. The van der Waals surface area contributed by atoms with Crippen molar-refractivity contribution in [3.05, 3.63) is 53.9 Å². The third-order valence-electron chi connectivity index (χ3n) is 3.94. The van der Waals surface area contributed by atoms with E-state index >= 15 is 0 Å². The molecule has 0 spiro atoms. The predicted octanol–water partition coefficient (Wildman–Crippen LogP) is 3.81. The molecule has 0 saturated carbocycles. The number of imidazole rings is 1. The molecule has 0 unspecified atom stereocenters. The Morgan fingerprint density at radius 1 is 1.21 bits per heavy atom. The molecule has 0 aliphatic carbocycles. The van der Waals surface area contributed by atoms with Gasteiger partial charge >= 0.3 is 0 Å². The first kappa shape index (κ1) is 16.3. The van der Waals surface area contributed by atoms with Gasteiger partial charge in [0.1, 0.15) is 11.6 Å². The maximum absolute atomic E-state index is 5.88. The summed E-state index contributed by atoms with van der Waals surface area (Å²) >= 11 is 0. The number of para-hydroxylation sites is 1. The molecule has 5 nitrogen and oxygen atoms in total. The second kappa shape index (κ2) is 7.84. The SMILES string of the molecule is CCCCOc1ccccc1CNc1ccc2nc(CN)[nH]c2c1. The zero-order valence-corrected chi connectivity index (χ0v) is 14.0. The zero-order chi connectivity index (χ0) is 16.8. The summed E-state index contributed by atoms with van der Waals surface area (Å²) in [6, 6.07) is 14.3. The summed E-state index contributed by atoms with van der Waals surface area (Å²) in [7, 11) is 0. The predicted molar refractivity (Wildman–Crippen MR) is 98.2 cm³/mol. The summed E-state index contributed by atoms with van der Waals surface area (Å²) in [6.07, 6.45) is 2.21. The fraction of sp³-hybridized carbons (Fsp3) is 0.316. The minimum atomic E-state index is 0.417. The number of rotatable bonds is 8. The van der Waals surface area contributed by atoms with E-state index in [1.165, 1.54) is 0 Å². The van der Waals surface area contributed by atoms with Crippen LogP contribution < -0.4 is 15.8 Å². The number of hydrogen-bond donors (Lipinski definition) is 3. The van der Waals surface area contributed by atoms with Crippen molar-refractivity contribution in [2.24, 2.45) is 5.73 Å². The number of ether oxygens (including phenoxy) is 1. The van der Waals surface area contributed by atoms with E-state index in [4.69, 9.17) is 10.5 Å². The summed E-state index contributed by atoms with van der Waals surface area (Å²) in [5, 5.41) is 3.45. The molecule has 0 bridgehead atoms. The minimum Gasteiger partial charge on any atom is -0.493 e. The number of unbranched alkanes of at least 4 members (excludes halogenated alkanes) is 1. The molecule has 0 radical (unpaired) electrons. The van der Waals surface area contributed by atoms with Crippen LogP contribution in [0, 0.1) is 0 Å². The van der Waals surface area contributed by atoms with Crippen LogP contribution in [0.3, 0.4) is 0 Å². The fourth-order valence-corrected chi connectivity index (χ4v) is 2.58. The third-order valence-corrected chi connectivity index (χ3v) is 3.94. The van der Waals surface area contributed by atoms with Crippen molar-refractivity contribution in [2.45, 2.75) is 32.9 Å². The topological polar surface area (TPSA) is 76.0 Å². The maximum atomic E-state index is 5.88. The van der Waals surface area contributed by atoms with Gasteiger partial charge in [-0.2, -0.15) is 0 Å². The standard InChI is InChI=1S/C19H24N4O/c1-2-3-10-24-18-7-5-4-6-14(18)13-21-15-8-9-16-17(11-15)23-19(12-20)22-16/h4-9,11,21H,2-3,10,12-13,20H2,1H3,(H,22,23). The Kier molecular flexibility index (Phi) is 5.33. The van der Waals surface area contributed by atoms with E-state index in [0.717, 1.165) is 53.3 Å². The van der Waals surface area contributed by atoms with Crippen molar-refractivity contribution < 1.29 is 4.74 Å². The van der Waals surface area contributed by atoms with E-state index in [1.807, 2.05) is 30.3 Å². The monoisotopic (exact) mass is 324 g/mol. The van der Waals surface area contributed by atoms with Crippen LogP contribution in [-0.2, 0) is 13.1 Å². The summed E-state index contributed by atoms with van der Waals surface area (Å²) < 4.78 is 5.88. The van der Waals surface area contributed by atoms with E-state index in [0.29, 0.717) is 13.1 Å². The number of fused-ring (bicyclic) bond motifs is 1. The van der Waals surface area contributed by atoms with Crippen LogP contribution in [-0.4, -0.2) is 16.6 Å². The molecule has 0 amide bonds. The first-order valence-corrected chi connectivity index (χ1v) is 8.43. The summed E-state index contributed by atoms with van der Waals surface area (Å²) in [5.74, 6) is 1.75. The van der Waals surface area contributed by atoms with Crippen LogP contribution in [0.15, 0.2) is 42.5 Å². The number of nitrogens with zero attached hydrogens (tertiary/aromatic N) is 1. The molecule has 0 aliphatic heterocycles. The van der Waals surface area contributed by atoms with Gasteiger partial charge < -0.3 is 20.8 Å². The first-order valence-electron chi connectivity index (χ1n) is 8.43. The lowest BCUT2D eigenvalue weighted by Gasteiger charge is -2.12. The Bertz CT molecular complexity index is 797. The number of aromatic amines is 1. The number of nitrogens with one attached hydrogen (secondary N) is 2. The molecule has 0 fully saturated rings. The van der Waals surface area contributed by atoms with E-state index in [9.17, 15) is 0 Å². The van der Waals surface area contributed by atoms with E-state index in [-0.39, 0.29) is 0 Å². The Hall–Kier alpha value is -2.53. The highest BCUT2D eigenvalue weighted by atomic mass is 16.5. The Balaban J connectivity index is 1.69. The molecule has 3 rings (SSSR count). The van der Waals surface area contributed by atoms with Crippen LogP contribution in [0.5, 0.6) is 5.75 Å². The number of anilines is 1. The third kappa shape index (κ3) is 3.86. The number of hydrogen-bond acceptors (Lipinski definition) is 4. The maximum Gasteiger partial charge on any atom is 0.124 e. The van der Waals surface area contributed by atoms with Crippen LogP contribution >= 0.6 is 0 Å². The van der Waals surface area contributed by atoms with Crippen molar-refractivity contribution in [2.75, 3.05) is 11.9 Å². The smallest absolute Gasteiger partial charge is 0.124 e. The van der Waals surface area contributed by atoms with Crippen LogP contribution in [0.2, 0.25) is 0 Å². The van der Waals surface area contributed by atoms with Gasteiger partial charge in [0, 0.05) is 17.8 Å². The van der Waals surface area contributed by atoms with Crippen LogP contribution in [0.25, 0.3) is 11.0 Å². The molecule has 24 heavy (non-hydrogen) atoms. The fourth-order valence-electron chi connectivity index (χ4n) is 2.58. The minimum absolute atomic E-state index is 0.417. The molecule has 0 saturated heterocycles. The van der Waals surface area contributed by atoms with Crippen molar-refractivity contribution in [3.63, 3.8) is 0 Å². The van der Waals surface area contributed by atoms with Gasteiger partial charge in [-0.1, -0.05) is 31.5 Å². The largest absolute Gasteiger partial charge is 0.493 e. The van der Waals surface area contributed by atoms with E-state index in [1.54, 1.807) is 0 Å². The normalized spacial score (nSPS) is 10.9. The highest BCUT2D eigenvalue weighted by molar-refractivity contribution is 5.79. The Morgan fingerprint density at radius 3 is 2.92 bits per heavy atom. The van der Waals surface area contributed by atoms with Gasteiger partial charge in [0.25, 0.3) is 0 Å². The molecular weight excluding hydrogens is 300 g/mol. The van der Waals surface area contributed by atoms with Gasteiger partial charge in [-0.25, -0.2) is 4.98 Å². The molecule has 5 heteroatoms. The molecule has 1 heterocycles. The first-order chi connectivity index (χ1) is 11.8. The lowest BCUT2D eigenvalue weighted by atomic mass is 10.2. The number of nitrogens with two attached hydrogens (primary N) is 1. The van der Waals surface area contributed by atoms with Crippen LogP contribution in [0.1, 0.15) is 31.2 Å². The summed E-state index contributed by atoms with van der Waals surface area (Å²) in [5.41, 5.74) is 9.75. The molecule has 3 aromatic rings. The number of H-pyrrole nitrogens is 1. The average Bonchev–Trinajstić information content (AvgIpc) is 3.03. The van der Waals surface area contributed by atoms with Crippen LogP contribution in [0.4, 0.5) is 5.69 Å². The van der Waals surface area contributed by atoms with Crippen molar-refractivity contribution in [1.29, 1.82) is 0 Å². The van der Waals surface area contributed by atoms with Gasteiger partial charge in [-0.15, -0.1) is 0 Å². The lowest BCUT2D eigenvalue weighted by molar-refractivity contribution is 0.306. The Labute approximate surface area is 142 Å². The molecule has 1 aromatic heterocycles. The second-order valence-electron chi connectivity index (χ2n) is 5.78. The molecule has 0 aliphatic rings. The van der Waals surface area contributed by atoms with E-state index in [2.05, 4.69) is 34.3 Å². The molecule has 126 valence electrons. The molecule has 2 aromatic carbocycles. The van der Waals surface area contributed by atoms with Gasteiger partial charge in [0.2, 0.25) is 0 Å². The van der Waals surface area contributed by atoms with E-state index < -0.39 is 0 Å². The van der Waals surface area contributed by atoms with Gasteiger partial charge in [0.15, 0.2) is 0 Å². The highest BCUT2D eigenvalue weighted by Crippen LogP contribution is 2.22. The van der Waals surface area contributed by atoms with Gasteiger partial charge in [-0.3, -0.25) is 0 Å². The highest BCUT2D eigenvalue weighted by Gasteiger charge is 2.05. The van der Waals surface area contributed by atoms with Gasteiger partial charge in [-0.05, 0) is 30.7 Å². The van der Waals surface area contributed by atoms with Crippen molar-refractivity contribution in [3.8, 4) is 5.75 Å². The number of benzene rings is 2. The van der Waals surface area contributed by atoms with Gasteiger partial charge in [0.05, 0.1) is 24.2 Å². The quantitative estimate of drug-likeness (QED) is 0.551. The average molecular weight is 324 g/mol. The Morgan fingerprint density at radius 2 is 2.08 bits per heavy atom. The molecular formula is C19H24N4O. The van der Waals surface area contributed by atoms with Crippen molar-refractivity contribution in [1.82, 2.24) is 9.97 Å². The second-order valence-corrected chi connectivity index (χ2v) is 5.78. The number of aromatic nitrogens is 2. The molecule has 4 N–H and O–H groups in total. The summed E-state index contributed by atoms with van der Waals surface area (Å²) in [4.78, 5) is 7.65. The summed E-state index contributed by atoms with van der Waals surface area (Å²) in [6.45, 7) is 4.06. The van der Waals surface area contributed by atoms with Crippen molar-refractivity contribution >= 4 is 16.7 Å².